The molecule has 4 rings (SSSR count). The lowest BCUT2D eigenvalue weighted by molar-refractivity contribution is -0.134. The highest BCUT2D eigenvalue weighted by Gasteiger charge is 2.33. The Balaban J connectivity index is 1.23. The third-order valence-corrected chi connectivity index (χ3v) is 7.46. The van der Waals surface area contributed by atoms with E-state index in [0.29, 0.717) is 6.04 Å². The molecule has 2 saturated heterocycles. The first-order valence-electron chi connectivity index (χ1n) is 12.6. The smallest absolute Gasteiger partial charge is 0.230 e. The number of methoxy groups -OCH3 is 1. The molecule has 1 N–H and O–H groups in total. The minimum absolute atomic E-state index is 0.0438. The molecule has 1 unspecified atom stereocenters. The fourth-order valence-electron chi connectivity index (χ4n) is 5.36. The second-order valence-electron chi connectivity index (χ2n) is 9.46. The molecular formula is C28H37N3O3. The van der Waals surface area contributed by atoms with Crippen LogP contribution in [-0.2, 0) is 9.59 Å². The van der Waals surface area contributed by atoms with E-state index >= 15 is 0 Å². The van der Waals surface area contributed by atoms with E-state index < -0.39 is 0 Å². The van der Waals surface area contributed by atoms with Crippen LogP contribution in [0.4, 0.5) is 5.69 Å². The van der Waals surface area contributed by atoms with Gasteiger partial charge in [-0.3, -0.25) is 9.59 Å². The number of rotatable bonds is 7. The van der Waals surface area contributed by atoms with Crippen molar-refractivity contribution in [2.45, 2.75) is 51.0 Å². The van der Waals surface area contributed by atoms with Crippen LogP contribution in [0.25, 0.3) is 0 Å². The summed E-state index contributed by atoms with van der Waals surface area (Å²) >= 11 is 0. The Hall–Kier alpha value is -2.86. The standard InChI is InChI=1S/C28H37N3O3/c1-3-26(21-7-5-4-6-8-21)28(33)31-19-15-24(16-20-31)30-17-13-22(14-18-30)27(32)29-23-9-11-25(34-2)12-10-23/h4-12,22,24,26H,3,13-20H2,1-2H3,(H,29,32). The van der Waals surface area contributed by atoms with E-state index in [2.05, 4.69) is 34.2 Å². The van der Waals surface area contributed by atoms with Crippen molar-refractivity contribution < 1.29 is 14.3 Å². The maximum atomic E-state index is 13.2. The molecular weight excluding hydrogens is 426 g/mol. The number of carbonyl (C=O) groups excluding carboxylic acids is 2. The monoisotopic (exact) mass is 463 g/mol. The molecule has 2 fully saturated rings. The number of amides is 2. The Morgan fingerprint density at radius 2 is 1.59 bits per heavy atom. The van der Waals surface area contributed by atoms with Crippen LogP contribution in [0, 0.1) is 5.92 Å². The van der Waals surface area contributed by atoms with Crippen molar-refractivity contribution in [3.05, 3.63) is 60.2 Å². The van der Waals surface area contributed by atoms with Gasteiger partial charge in [0.2, 0.25) is 11.8 Å². The second kappa shape index (κ2) is 11.5. The summed E-state index contributed by atoms with van der Waals surface area (Å²) in [5.74, 6) is 1.16. The summed E-state index contributed by atoms with van der Waals surface area (Å²) in [6.07, 6.45) is 4.62. The van der Waals surface area contributed by atoms with Crippen LogP contribution in [0.1, 0.15) is 50.5 Å². The van der Waals surface area contributed by atoms with Gasteiger partial charge >= 0.3 is 0 Å². The number of benzene rings is 2. The van der Waals surface area contributed by atoms with Crippen molar-refractivity contribution in [2.24, 2.45) is 5.92 Å². The van der Waals surface area contributed by atoms with E-state index in [1.807, 2.05) is 42.5 Å². The molecule has 182 valence electrons. The lowest BCUT2D eigenvalue weighted by Crippen LogP contribution is -2.50. The van der Waals surface area contributed by atoms with Crippen LogP contribution >= 0.6 is 0 Å². The summed E-state index contributed by atoms with van der Waals surface area (Å²) in [6, 6.07) is 18.1. The lowest BCUT2D eigenvalue weighted by Gasteiger charge is -2.42. The summed E-state index contributed by atoms with van der Waals surface area (Å²) in [4.78, 5) is 30.5. The molecule has 2 aromatic carbocycles. The van der Waals surface area contributed by atoms with Crippen molar-refractivity contribution >= 4 is 17.5 Å². The number of hydrogen-bond donors (Lipinski definition) is 1. The van der Waals surface area contributed by atoms with Gasteiger partial charge in [0.1, 0.15) is 5.75 Å². The van der Waals surface area contributed by atoms with Gasteiger partial charge in [0.25, 0.3) is 0 Å². The van der Waals surface area contributed by atoms with Crippen molar-refractivity contribution in [1.29, 1.82) is 0 Å². The number of hydrogen-bond acceptors (Lipinski definition) is 4. The molecule has 0 radical (unpaired) electrons. The van der Waals surface area contributed by atoms with Gasteiger partial charge in [-0.2, -0.15) is 0 Å². The Kier molecular flexibility index (Phi) is 8.22. The maximum absolute atomic E-state index is 13.2. The first kappa shape index (κ1) is 24.3. The summed E-state index contributed by atoms with van der Waals surface area (Å²) < 4.78 is 5.18. The van der Waals surface area contributed by atoms with Crippen molar-refractivity contribution in [1.82, 2.24) is 9.80 Å². The van der Waals surface area contributed by atoms with Crippen LogP contribution in [0.2, 0.25) is 0 Å². The third kappa shape index (κ3) is 5.79. The summed E-state index contributed by atoms with van der Waals surface area (Å²) in [5, 5.41) is 3.05. The maximum Gasteiger partial charge on any atom is 0.230 e. The van der Waals surface area contributed by atoms with Crippen molar-refractivity contribution in [3.63, 3.8) is 0 Å². The van der Waals surface area contributed by atoms with Gasteiger partial charge in [-0.15, -0.1) is 0 Å². The van der Waals surface area contributed by atoms with Gasteiger partial charge in [0.15, 0.2) is 0 Å². The van der Waals surface area contributed by atoms with Gasteiger partial charge in [-0.25, -0.2) is 0 Å². The van der Waals surface area contributed by atoms with Crippen LogP contribution < -0.4 is 10.1 Å². The lowest BCUT2D eigenvalue weighted by atomic mass is 9.91. The average molecular weight is 464 g/mol. The van der Waals surface area contributed by atoms with E-state index in [0.717, 1.165) is 75.3 Å². The first-order valence-corrected chi connectivity index (χ1v) is 12.6. The van der Waals surface area contributed by atoms with Crippen LogP contribution in [0.3, 0.4) is 0 Å². The van der Waals surface area contributed by atoms with E-state index in [1.165, 1.54) is 0 Å². The Morgan fingerprint density at radius 1 is 0.941 bits per heavy atom. The van der Waals surface area contributed by atoms with Crippen LogP contribution in [0.5, 0.6) is 5.75 Å². The van der Waals surface area contributed by atoms with Crippen molar-refractivity contribution in [2.75, 3.05) is 38.6 Å². The zero-order valence-corrected chi connectivity index (χ0v) is 20.4. The molecule has 2 aliphatic rings. The predicted octanol–water partition coefficient (Wildman–Crippen LogP) is 4.53. The number of piperidine rings is 2. The molecule has 2 amide bonds. The van der Waals surface area contributed by atoms with Crippen LogP contribution in [-0.4, -0.2) is 60.9 Å². The number of anilines is 1. The summed E-state index contributed by atoms with van der Waals surface area (Å²) in [7, 11) is 1.63. The molecule has 6 heteroatoms. The van der Waals surface area contributed by atoms with E-state index in [1.54, 1.807) is 7.11 Å². The molecule has 0 aromatic heterocycles. The number of ether oxygens (including phenoxy) is 1. The highest BCUT2D eigenvalue weighted by Crippen LogP contribution is 2.28. The molecule has 2 aliphatic heterocycles. The number of nitrogens with one attached hydrogen (secondary N) is 1. The normalized spacial score (nSPS) is 18.9. The van der Waals surface area contributed by atoms with E-state index in [4.69, 9.17) is 4.74 Å². The zero-order chi connectivity index (χ0) is 23.9. The van der Waals surface area contributed by atoms with E-state index in [9.17, 15) is 9.59 Å². The molecule has 2 heterocycles. The molecule has 0 bridgehead atoms. The van der Waals surface area contributed by atoms with Gasteiger partial charge in [-0.05, 0) is 75.0 Å². The van der Waals surface area contributed by atoms with Crippen molar-refractivity contribution in [3.8, 4) is 5.75 Å². The third-order valence-electron chi connectivity index (χ3n) is 7.46. The number of nitrogens with zero attached hydrogens (tertiary/aromatic N) is 2. The second-order valence-corrected chi connectivity index (χ2v) is 9.46. The van der Waals surface area contributed by atoms with E-state index in [-0.39, 0.29) is 23.7 Å². The van der Waals surface area contributed by atoms with Gasteiger partial charge in [0, 0.05) is 30.7 Å². The van der Waals surface area contributed by atoms with Gasteiger partial charge < -0.3 is 19.9 Å². The highest BCUT2D eigenvalue weighted by atomic mass is 16.5. The molecule has 0 saturated carbocycles. The molecule has 0 spiro atoms. The number of likely N-dealkylation sites (tertiary alicyclic amines) is 2. The molecule has 34 heavy (non-hydrogen) atoms. The predicted molar refractivity (Wildman–Crippen MR) is 135 cm³/mol. The van der Waals surface area contributed by atoms with Gasteiger partial charge in [0.05, 0.1) is 13.0 Å². The Morgan fingerprint density at radius 3 is 2.18 bits per heavy atom. The molecule has 0 aliphatic carbocycles. The minimum Gasteiger partial charge on any atom is -0.497 e. The fourth-order valence-corrected chi connectivity index (χ4v) is 5.36. The zero-order valence-electron chi connectivity index (χ0n) is 20.4. The minimum atomic E-state index is -0.0438. The average Bonchev–Trinajstić information content (AvgIpc) is 2.90. The largest absolute Gasteiger partial charge is 0.497 e. The first-order chi connectivity index (χ1) is 16.6. The van der Waals surface area contributed by atoms with Gasteiger partial charge in [-0.1, -0.05) is 37.3 Å². The molecule has 2 aromatic rings. The topological polar surface area (TPSA) is 61.9 Å². The molecule has 6 nitrogen and oxygen atoms in total. The number of carbonyl (C=O) groups is 2. The highest BCUT2D eigenvalue weighted by molar-refractivity contribution is 5.92. The fraction of sp³-hybridized carbons (Fsp3) is 0.500. The Bertz CT molecular complexity index is 931. The Labute approximate surface area is 203 Å². The quantitative estimate of drug-likeness (QED) is 0.655. The molecule has 1 atom stereocenters. The summed E-state index contributed by atoms with van der Waals surface area (Å²) in [6.45, 7) is 5.63. The summed E-state index contributed by atoms with van der Waals surface area (Å²) in [5.41, 5.74) is 1.93. The SMILES string of the molecule is CCC(C(=O)N1CCC(N2CCC(C(=O)Nc3ccc(OC)cc3)CC2)CC1)c1ccccc1. The van der Waals surface area contributed by atoms with Crippen LogP contribution in [0.15, 0.2) is 54.6 Å².